The highest BCUT2D eigenvalue weighted by molar-refractivity contribution is 7.03. The Labute approximate surface area is 63.2 Å². The molecule has 0 saturated carbocycles. The summed E-state index contributed by atoms with van der Waals surface area (Å²) in [5.74, 6) is 0.202. The molecule has 1 heterocycles. The number of Topliss-reactive ketones (excluding diaryl/α,β-unsaturated/α-hetero) is 1. The molecule has 0 aromatic carbocycles. The highest BCUT2D eigenvalue weighted by atomic mass is 32.1. The molecule has 0 aliphatic heterocycles. The minimum absolute atomic E-state index is 0.202. The fraction of sp³-hybridized carbons (Fsp3) is 0.500. The van der Waals surface area contributed by atoms with E-state index in [-0.39, 0.29) is 5.78 Å². The standard InChI is InChI=1S/C6H8N2OS/c1-5(9)2-3-6-4-10-8-7-6/h4H,2-3H2,1H3. The van der Waals surface area contributed by atoms with E-state index < -0.39 is 0 Å². The van der Waals surface area contributed by atoms with Crippen LogP contribution in [-0.2, 0) is 11.2 Å². The number of nitrogens with zero attached hydrogens (tertiary/aromatic N) is 2. The second-order valence-corrected chi connectivity index (χ2v) is 2.71. The Balaban J connectivity index is 2.35. The van der Waals surface area contributed by atoms with Gasteiger partial charge in [-0.2, -0.15) is 0 Å². The van der Waals surface area contributed by atoms with Crippen molar-refractivity contribution in [1.29, 1.82) is 0 Å². The van der Waals surface area contributed by atoms with Crippen molar-refractivity contribution in [1.82, 2.24) is 9.59 Å². The first-order valence-corrected chi connectivity index (χ1v) is 3.88. The molecule has 0 aliphatic carbocycles. The van der Waals surface area contributed by atoms with Gasteiger partial charge < -0.3 is 4.79 Å². The van der Waals surface area contributed by atoms with Gasteiger partial charge in [0, 0.05) is 11.8 Å². The maximum absolute atomic E-state index is 10.5. The summed E-state index contributed by atoms with van der Waals surface area (Å²) in [5, 5.41) is 5.67. The quantitative estimate of drug-likeness (QED) is 0.657. The highest BCUT2D eigenvalue weighted by Gasteiger charge is 1.97. The smallest absolute Gasteiger partial charge is 0.130 e. The molecule has 3 nitrogen and oxygen atoms in total. The summed E-state index contributed by atoms with van der Waals surface area (Å²) >= 11 is 1.32. The van der Waals surface area contributed by atoms with E-state index in [1.54, 1.807) is 6.92 Å². The lowest BCUT2D eigenvalue weighted by Crippen LogP contribution is -1.93. The van der Waals surface area contributed by atoms with Crippen LogP contribution in [0.25, 0.3) is 0 Å². The summed E-state index contributed by atoms with van der Waals surface area (Å²) < 4.78 is 3.68. The highest BCUT2D eigenvalue weighted by Crippen LogP contribution is 2.00. The third-order valence-corrected chi connectivity index (χ3v) is 1.69. The van der Waals surface area contributed by atoms with Gasteiger partial charge in [0.05, 0.1) is 5.69 Å². The first-order chi connectivity index (χ1) is 4.79. The molecule has 1 aromatic heterocycles. The maximum Gasteiger partial charge on any atom is 0.130 e. The Kier molecular flexibility index (Phi) is 2.50. The molecule has 0 N–H and O–H groups in total. The van der Waals surface area contributed by atoms with Gasteiger partial charge >= 0.3 is 0 Å². The van der Waals surface area contributed by atoms with E-state index in [0.29, 0.717) is 6.42 Å². The van der Waals surface area contributed by atoms with Crippen LogP contribution in [0.2, 0.25) is 0 Å². The average molecular weight is 156 g/mol. The second-order valence-electron chi connectivity index (χ2n) is 2.10. The molecule has 54 valence electrons. The van der Waals surface area contributed by atoms with Crippen molar-refractivity contribution in [2.45, 2.75) is 19.8 Å². The molecule has 0 saturated heterocycles. The van der Waals surface area contributed by atoms with Gasteiger partial charge in [-0.3, -0.25) is 0 Å². The lowest BCUT2D eigenvalue weighted by Gasteiger charge is -1.88. The summed E-state index contributed by atoms with van der Waals surface area (Å²) in [7, 11) is 0. The summed E-state index contributed by atoms with van der Waals surface area (Å²) in [5.41, 5.74) is 0.917. The van der Waals surface area contributed by atoms with E-state index in [0.717, 1.165) is 12.1 Å². The lowest BCUT2D eigenvalue weighted by molar-refractivity contribution is -0.116. The first-order valence-electron chi connectivity index (χ1n) is 3.04. The molecule has 4 heteroatoms. The number of ketones is 1. The molecule has 0 unspecified atom stereocenters. The van der Waals surface area contributed by atoms with Crippen LogP contribution < -0.4 is 0 Å². The lowest BCUT2D eigenvalue weighted by atomic mass is 10.2. The minimum Gasteiger partial charge on any atom is -0.300 e. The zero-order valence-electron chi connectivity index (χ0n) is 5.70. The van der Waals surface area contributed by atoms with Gasteiger partial charge in [0.25, 0.3) is 0 Å². The second kappa shape index (κ2) is 3.41. The summed E-state index contributed by atoms with van der Waals surface area (Å²) in [6.45, 7) is 1.58. The van der Waals surface area contributed by atoms with Crippen molar-refractivity contribution in [2.24, 2.45) is 0 Å². The molecule has 10 heavy (non-hydrogen) atoms. The largest absolute Gasteiger partial charge is 0.300 e. The van der Waals surface area contributed by atoms with E-state index in [4.69, 9.17) is 0 Å². The molecule has 0 atom stereocenters. The van der Waals surface area contributed by atoms with E-state index >= 15 is 0 Å². The van der Waals surface area contributed by atoms with Crippen LogP contribution in [0.3, 0.4) is 0 Å². The molecule has 0 bridgehead atoms. The molecule has 0 aliphatic rings. The normalized spacial score (nSPS) is 9.70. The minimum atomic E-state index is 0.202. The number of carbonyl (C=O) groups is 1. The molecule has 1 rings (SSSR count). The van der Waals surface area contributed by atoms with Crippen LogP contribution in [0, 0.1) is 0 Å². The number of aromatic nitrogens is 2. The third-order valence-electron chi connectivity index (χ3n) is 1.14. The number of rotatable bonds is 3. The van der Waals surface area contributed by atoms with Gasteiger partial charge in [0.2, 0.25) is 0 Å². The van der Waals surface area contributed by atoms with Crippen molar-refractivity contribution in [3.05, 3.63) is 11.1 Å². The topological polar surface area (TPSA) is 42.9 Å². The Morgan fingerprint density at radius 3 is 3.10 bits per heavy atom. The van der Waals surface area contributed by atoms with Crippen LogP contribution >= 0.6 is 11.5 Å². The maximum atomic E-state index is 10.5. The van der Waals surface area contributed by atoms with Gasteiger partial charge in [-0.15, -0.1) is 5.10 Å². The summed E-state index contributed by atoms with van der Waals surface area (Å²) in [6, 6.07) is 0. The predicted octanol–water partition coefficient (Wildman–Crippen LogP) is 1.06. The zero-order chi connectivity index (χ0) is 7.40. The van der Waals surface area contributed by atoms with E-state index in [1.165, 1.54) is 11.5 Å². The number of hydrogen-bond donors (Lipinski definition) is 0. The SMILES string of the molecule is CC(=O)CCc1csnn1. The predicted molar refractivity (Wildman–Crippen MR) is 38.9 cm³/mol. The van der Waals surface area contributed by atoms with Gasteiger partial charge in [-0.05, 0) is 24.9 Å². The molecule has 0 radical (unpaired) electrons. The molecular formula is C6H8N2OS. The zero-order valence-corrected chi connectivity index (χ0v) is 6.52. The molecule has 1 aromatic rings. The molecule has 0 fully saturated rings. The summed E-state index contributed by atoms with van der Waals surface area (Å²) in [4.78, 5) is 10.5. The first kappa shape index (κ1) is 7.34. The number of hydrogen-bond acceptors (Lipinski definition) is 4. The van der Waals surface area contributed by atoms with Crippen LogP contribution in [-0.4, -0.2) is 15.4 Å². The van der Waals surface area contributed by atoms with Crippen LogP contribution in [0.15, 0.2) is 5.38 Å². The van der Waals surface area contributed by atoms with Crippen molar-refractivity contribution < 1.29 is 4.79 Å². The van der Waals surface area contributed by atoms with E-state index in [2.05, 4.69) is 9.59 Å². The average Bonchev–Trinajstić information content (AvgIpc) is 2.34. The fourth-order valence-corrected chi connectivity index (χ4v) is 1.08. The van der Waals surface area contributed by atoms with Crippen LogP contribution in [0.1, 0.15) is 19.0 Å². The van der Waals surface area contributed by atoms with Gasteiger partial charge in [-0.25, -0.2) is 0 Å². The Morgan fingerprint density at radius 2 is 2.60 bits per heavy atom. The van der Waals surface area contributed by atoms with Gasteiger partial charge in [0.1, 0.15) is 5.78 Å². The van der Waals surface area contributed by atoms with Crippen molar-refractivity contribution in [3.63, 3.8) is 0 Å². The number of aryl methyl sites for hydroxylation is 1. The Morgan fingerprint density at radius 1 is 1.80 bits per heavy atom. The van der Waals surface area contributed by atoms with Crippen LogP contribution in [0.5, 0.6) is 0 Å². The van der Waals surface area contributed by atoms with E-state index in [9.17, 15) is 4.79 Å². The van der Waals surface area contributed by atoms with E-state index in [1.807, 2.05) is 5.38 Å². The van der Waals surface area contributed by atoms with Crippen LogP contribution in [0.4, 0.5) is 0 Å². The molecule has 0 spiro atoms. The molecular weight excluding hydrogens is 148 g/mol. The fourth-order valence-electron chi connectivity index (χ4n) is 0.597. The molecule has 0 amide bonds. The van der Waals surface area contributed by atoms with Crippen molar-refractivity contribution in [2.75, 3.05) is 0 Å². The van der Waals surface area contributed by atoms with Crippen molar-refractivity contribution in [3.8, 4) is 0 Å². The third kappa shape index (κ3) is 2.23. The van der Waals surface area contributed by atoms with Gasteiger partial charge in [0.15, 0.2) is 0 Å². The number of carbonyl (C=O) groups excluding carboxylic acids is 1. The summed E-state index contributed by atoms with van der Waals surface area (Å²) in [6.07, 6.45) is 1.30. The monoisotopic (exact) mass is 156 g/mol. The Hall–Kier alpha value is -0.770. The Bertz CT molecular complexity index is 208. The van der Waals surface area contributed by atoms with Crippen molar-refractivity contribution >= 4 is 17.3 Å². The van der Waals surface area contributed by atoms with Gasteiger partial charge in [-0.1, -0.05) is 4.49 Å².